The Hall–Kier alpha value is -2.10. The second-order valence-electron chi connectivity index (χ2n) is 4.78. The van der Waals surface area contributed by atoms with E-state index in [1.165, 1.54) is 5.56 Å². The fraction of sp³-hybridized carbons (Fsp3) is 0.333. The Morgan fingerprint density at radius 1 is 1.32 bits per heavy atom. The summed E-state index contributed by atoms with van der Waals surface area (Å²) in [6.07, 6.45) is 0.364. The van der Waals surface area contributed by atoms with Crippen molar-refractivity contribution in [2.75, 3.05) is 0 Å². The van der Waals surface area contributed by atoms with Crippen molar-refractivity contribution in [2.24, 2.45) is 7.05 Å². The van der Waals surface area contributed by atoms with E-state index in [0.29, 0.717) is 13.0 Å². The average molecular weight is 257 g/mol. The third-order valence-electron chi connectivity index (χ3n) is 3.18. The highest BCUT2D eigenvalue weighted by Gasteiger charge is 2.08. The van der Waals surface area contributed by atoms with Crippen molar-refractivity contribution in [1.82, 2.24) is 15.1 Å². The molecule has 19 heavy (non-hydrogen) atoms. The van der Waals surface area contributed by atoms with Gasteiger partial charge in [0.1, 0.15) is 0 Å². The van der Waals surface area contributed by atoms with Gasteiger partial charge in [-0.15, -0.1) is 0 Å². The number of rotatable bonds is 4. The van der Waals surface area contributed by atoms with Gasteiger partial charge >= 0.3 is 0 Å². The number of amides is 1. The van der Waals surface area contributed by atoms with Crippen LogP contribution in [-0.4, -0.2) is 15.7 Å². The molecule has 0 saturated heterocycles. The summed E-state index contributed by atoms with van der Waals surface area (Å²) in [5.41, 5.74) is 4.21. The molecular formula is C15H19N3O. The Bertz CT molecular complexity index is 587. The van der Waals surface area contributed by atoms with Crippen LogP contribution in [0.2, 0.25) is 0 Å². The zero-order valence-corrected chi connectivity index (χ0v) is 11.6. The molecular weight excluding hydrogens is 238 g/mol. The first-order chi connectivity index (χ1) is 9.06. The van der Waals surface area contributed by atoms with Gasteiger partial charge in [-0.3, -0.25) is 9.48 Å². The summed E-state index contributed by atoms with van der Waals surface area (Å²) in [6.45, 7) is 4.54. The molecule has 0 fully saturated rings. The van der Waals surface area contributed by atoms with Gasteiger partial charge in [0.15, 0.2) is 0 Å². The molecule has 1 aromatic carbocycles. The maximum atomic E-state index is 11.9. The van der Waals surface area contributed by atoms with E-state index in [0.717, 1.165) is 17.0 Å². The third-order valence-corrected chi connectivity index (χ3v) is 3.18. The molecule has 0 atom stereocenters. The summed E-state index contributed by atoms with van der Waals surface area (Å²) in [6, 6.07) is 10.0. The molecule has 0 aliphatic heterocycles. The van der Waals surface area contributed by atoms with Crippen molar-refractivity contribution in [3.05, 3.63) is 52.8 Å². The molecule has 1 aromatic heterocycles. The number of aromatic nitrogens is 2. The average Bonchev–Trinajstić information content (AvgIpc) is 2.67. The van der Waals surface area contributed by atoms with Gasteiger partial charge in [-0.1, -0.05) is 24.3 Å². The Morgan fingerprint density at radius 2 is 2.05 bits per heavy atom. The lowest BCUT2D eigenvalue weighted by Gasteiger charge is -2.08. The molecule has 1 heterocycles. The predicted molar refractivity (Wildman–Crippen MR) is 74.7 cm³/mol. The van der Waals surface area contributed by atoms with Gasteiger partial charge in [0.2, 0.25) is 5.91 Å². The van der Waals surface area contributed by atoms with Crippen LogP contribution in [0.25, 0.3) is 0 Å². The van der Waals surface area contributed by atoms with E-state index < -0.39 is 0 Å². The Balaban J connectivity index is 1.92. The largest absolute Gasteiger partial charge is 0.352 e. The molecule has 4 heteroatoms. The van der Waals surface area contributed by atoms with Gasteiger partial charge in [-0.05, 0) is 31.0 Å². The van der Waals surface area contributed by atoms with Gasteiger partial charge in [-0.25, -0.2) is 0 Å². The van der Waals surface area contributed by atoms with E-state index in [9.17, 15) is 4.79 Å². The van der Waals surface area contributed by atoms with E-state index >= 15 is 0 Å². The van der Waals surface area contributed by atoms with Crippen LogP contribution in [0.15, 0.2) is 30.3 Å². The van der Waals surface area contributed by atoms with E-state index in [-0.39, 0.29) is 5.91 Å². The van der Waals surface area contributed by atoms with Crippen LogP contribution in [0.1, 0.15) is 22.5 Å². The molecule has 0 unspecified atom stereocenters. The second kappa shape index (κ2) is 5.69. The molecule has 0 spiro atoms. The first-order valence-corrected chi connectivity index (χ1v) is 6.37. The van der Waals surface area contributed by atoms with Crippen LogP contribution in [0.3, 0.4) is 0 Å². The van der Waals surface area contributed by atoms with E-state index in [1.807, 2.05) is 51.2 Å². The lowest BCUT2D eigenvalue weighted by molar-refractivity contribution is -0.120. The van der Waals surface area contributed by atoms with Crippen LogP contribution in [0.5, 0.6) is 0 Å². The minimum atomic E-state index is 0.0197. The molecule has 4 nitrogen and oxygen atoms in total. The summed E-state index contributed by atoms with van der Waals surface area (Å²) in [5.74, 6) is 0.0197. The molecule has 0 bridgehead atoms. The Labute approximate surface area is 113 Å². The normalized spacial score (nSPS) is 10.5. The summed E-state index contributed by atoms with van der Waals surface area (Å²) in [5, 5.41) is 7.18. The molecule has 0 aliphatic rings. The Kier molecular flexibility index (Phi) is 4.00. The second-order valence-corrected chi connectivity index (χ2v) is 4.78. The smallest absolute Gasteiger partial charge is 0.226 e. The molecule has 1 N–H and O–H groups in total. The highest BCUT2D eigenvalue weighted by molar-refractivity contribution is 5.78. The number of hydrogen-bond donors (Lipinski definition) is 1. The minimum Gasteiger partial charge on any atom is -0.352 e. The zero-order valence-electron chi connectivity index (χ0n) is 11.6. The fourth-order valence-corrected chi connectivity index (χ4v) is 2.06. The first kappa shape index (κ1) is 13.3. The summed E-state index contributed by atoms with van der Waals surface area (Å²) in [4.78, 5) is 11.9. The van der Waals surface area contributed by atoms with Crippen LogP contribution in [-0.2, 0) is 24.8 Å². The summed E-state index contributed by atoms with van der Waals surface area (Å²) < 4.78 is 1.75. The molecule has 1 amide bonds. The van der Waals surface area contributed by atoms with Crippen LogP contribution in [0, 0.1) is 13.8 Å². The molecule has 100 valence electrons. The van der Waals surface area contributed by atoms with Crippen LogP contribution in [0.4, 0.5) is 0 Å². The van der Waals surface area contributed by atoms with Crippen molar-refractivity contribution in [3.63, 3.8) is 0 Å². The predicted octanol–water partition coefficient (Wildman–Crippen LogP) is 1.90. The number of hydrogen-bond acceptors (Lipinski definition) is 2. The minimum absolute atomic E-state index is 0.0197. The van der Waals surface area contributed by atoms with Crippen molar-refractivity contribution in [1.29, 1.82) is 0 Å². The van der Waals surface area contributed by atoms with Gasteiger partial charge in [0.05, 0.1) is 12.1 Å². The van der Waals surface area contributed by atoms with E-state index in [1.54, 1.807) is 4.68 Å². The van der Waals surface area contributed by atoms with Gasteiger partial charge in [0.25, 0.3) is 0 Å². The maximum absolute atomic E-state index is 11.9. The standard InChI is InChI=1S/C15H19N3O/c1-11-6-4-5-7-13(11)10-16-15(19)9-14-8-12(2)17-18(14)3/h4-8H,9-10H2,1-3H3,(H,16,19). The SMILES string of the molecule is Cc1cc(CC(=O)NCc2ccccc2C)n(C)n1. The van der Waals surface area contributed by atoms with Crippen LogP contribution < -0.4 is 5.32 Å². The molecule has 0 aliphatic carbocycles. The highest BCUT2D eigenvalue weighted by Crippen LogP contribution is 2.07. The number of aryl methyl sites for hydroxylation is 3. The molecule has 2 aromatic rings. The summed E-state index contributed by atoms with van der Waals surface area (Å²) >= 11 is 0. The number of benzene rings is 1. The van der Waals surface area contributed by atoms with Crippen molar-refractivity contribution in [2.45, 2.75) is 26.8 Å². The van der Waals surface area contributed by atoms with Crippen LogP contribution >= 0.6 is 0 Å². The number of nitrogens with zero attached hydrogens (tertiary/aromatic N) is 2. The lowest BCUT2D eigenvalue weighted by Crippen LogP contribution is -2.25. The Morgan fingerprint density at radius 3 is 2.68 bits per heavy atom. The number of carbonyl (C=O) groups is 1. The highest BCUT2D eigenvalue weighted by atomic mass is 16.1. The van der Waals surface area contributed by atoms with Crippen molar-refractivity contribution >= 4 is 5.91 Å². The summed E-state index contributed by atoms with van der Waals surface area (Å²) in [7, 11) is 1.86. The quantitative estimate of drug-likeness (QED) is 0.909. The lowest BCUT2D eigenvalue weighted by atomic mass is 10.1. The monoisotopic (exact) mass is 257 g/mol. The fourth-order valence-electron chi connectivity index (χ4n) is 2.06. The molecule has 2 rings (SSSR count). The van der Waals surface area contributed by atoms with Crippen molar-refractivity contribution < 1.29 is 4.79 Å². The number of carbonyl (C=O) groups excluding carboxylic acids is 1. The van der Waals surface area contributed by atoms with Gasteiger partial charge in [-0.2, -0.15) is 5.10 Å². The molecule has 0 radical (unpaired) electrons. The molecule has 0 saturated carbocycles. The number of nitrogens with one attached hydrogen (secondary N) is 1. The third kappa shape index (κ3) is 3.44. The zero-order chi connectivity index (χ0) is 13.8. The topological polar surface area (TPSA) is 46.9 Å². The maximum Gasteiger partial charge on any atom is 0.226 e. The van der Waals surface area contributed by atoms with Gasteiger partial charge in [0, 0.05) is 19.3 Å². The van der Waals surface area contributed by atoms with E-state index in [2.05, 4.69) is 10.4 Å². The van der Waals surface area contributed by atoms with Gasteiger partial charge < -0.3 is 5.32 Å². The van der Waals surface area contributed by atoms with Crippen molar-refractivity contribution in [3.8, 4) is 0 Å². The first-order valence-electron chi connectivity index (χ1n) is 6.37. The van der Waals surface area contributed by atoms with E-state index in [4.69, 9.17) is 0 Å².